The molecule has 0 saturated heterocycles. The van der Waals surface area contributed by atoms with Crippen LogP contribution in [0.3, 0.4) is 0 Å². The van der Waals surface area contributed by atoms with Crippen LogP contribution in [0.25, 0.3) is 0 Å². The lowest BCUT2D eigenvalue weighted by Crippen LogP contribution is -2.00. The van der Waals surface area contributed by atoms with Crippen molar-refractivity contribution in [1.29, 1.82) is 0 Å². The number of hydrogen-bond acceptors (Lipinski definition) is 1. The largest absolute Gasteiger partial charge is 0.349 e. The molecule has 0 atom stereocenters. The molecule has 2 nitrogen and oxygen atoms in total. The highest BCUT2D eigenvalue weighted by molar-refractivity contribution is 6.31. The van der Waals surface area contributed by atoms with Crippen LogP contribution in [0, 0.1) is 13.8 Å². The van der Waals surface area contributed by atoms with E-state index in [0.29, 0.717) is 6.04 Å². The van der Waals surface area contributed by atoms with Gasteiger partial charge in [-0.25, -0.2) is 0 Å². The van der Waals surface area contributed by atoms with Crippen LogP contribution in [-0.4, -0.2) is 10.8 Å². The van der Waals surface area contributed by atoms with Gasteiger partial charge in [0.2, 0.25) is 0 Å². The van der Waals surface area contributed by atoms with Gasteiger partial charge in [-0.05, 0) is 51.5 Å². The van der Waals surface area contributed by atoms with E-state index in [-0.39, 0.29) is 0 Å². The molecule has 2 rings (SSSR count). The second-order valence-corrected chi connectivity index (χ2v) is 5.51. The monoisotopic (exact) mass is 274 g/mol. The van der Waals surface area contributed by atoms with Crippen molar-refractivity contribution in [2.24, 2.45) is 4.99 Å². The summed E-state index contributed by atoms with van der Waals surface area (Å²) in [4.78, 5) is 4.47. The molecule has 0 aliphatic carbocycles. The Kier molecular flexibility index (Phi) is 4.11. The van der Waals surface area contributed by atoms with Gasteiger partial charge >= 0.3 is 0 Å². The van der Waals surface area contributed by atoms with Gasteiger partial charge in [-0.3, -0.25) is 4.99 Å². The summed E-state index contributed by atoms with van der Waals surface area (Å²) in [6, 6.07) is 8.46. The fourth-order valence-corrected chi connectivity index (χ4v) is 2.23. The van der Waals surface area contributed by atoms with E-state index >= 15 is 0 Å². The molecule has 0 aliphatic heterocycles. The Bertz CT molecular complexity index is 609. The summed E-state index contributed by atoms with van der Waals surface area (Å²) in [6.45, 7) is 8.45. The summed E-state index contributed by atoms with van der Waals surface area (Å²) in [5.74, 6) is 0. The SMILES string of the molecule is Cc1ccc(N=Cc2cc(C)n(C(C)C)c2)cc1Cl. The topological polar surface area (TPSA) is 17.3 Å². The maximum absolute atomic E-state index is 6.09. The van der Waals surface area contributed by atoms with Crippen molar-refractivity contribution in [2.75, 3.05) is 0 Å². The van der Waals surface area contributed by atoms with Crippen LogP contribution in [0.5, 0.6) is 0 Å². The second-order valence-electron chi connectivity index (χ2n) is 5.11. The molecule has 0 bridgehead atoms. The Labute approximate surface area is 119 Å². The molecule has 0 spiro atoms. The highest BCUT2D eigenvalue weighted by Crippen LogP contribution is 2.22. The van der Waals surface area contributed by atoms with Crippen molar-refractivity contribution in [3.8, 4) is 0 Å². The van der Waals surface area contributed by atoms with E-state index in [1.807, 2.05) is 31.3 Å². The molecule has 100 valence electrons. The van der Waals surface area contributed by atoms with Gasteiger partial charge in [-0.15, -0.1) is 0 Å². The van der Waals surface area contributed by atoms with E-state index in [9.17, 15) is 0 Å². The zero-order chi connectivity index (χ0) is 14.0. The van der Waals surface area contributed by atoms with Crippen LogP contribution in [0.1, 0.15) is 36.7 Å². The van der Waals surface area contributed by atoms with Gasteiger partial charge in [0, 0.05) is 34.7 Å². The van der Waals surface area contributed by atoms with Gasteiger partial charge in [0.05, 0.1) is 5.69 Å². The number of nitrogens with zero attached hydrogens (tertiary/aromatic N) is 2. The molecular formula is C16H19ClN2. The smallest absolute Gasteiger partial charge is 0.0644 e. The predicted octanol–water partition coefficient (Wildman–Crippen LogP) is 5.09. The molecule has 1 aromatic heterocycles. The molecule has 19 heavy (non-hydrogen) atoms. The summed E-state index contributed by atoms with van der Waals surface area (Å²) < 4.78 is 2.24. The zero-order valence-corrected chi connectivity index (χ0v) is 12.6. The highest BCUT2D eigenvalue weighted by atomic mass is 35.5. The minimum absolute atomic E-state index is 0.468. The van der Waals surface area contributed by atoms with Gasteiger partial charge in [0.1, 0.15) is 0 Å². The average molecular weight is 275 g/mol. The molecule has 0 aliphatic rings. The fraction of sp³-hybridized carbons (Fsp3) is 0.312. The average Bonchev–Trinajstić information content (AvgIpc) is 2.72. The zero-order valence-electron chi connectivity index (χ0n) is 11.8. The number of aliphatic imine (C=N–C) groups is 1. The normalized spacial score (nSPS) is 11.7. The van der Waals surface area contributed by atoms with Crippen LogP contribution in [-0.2, 0) is 0 Å². The summed E-state index contributed by atoms with van der Waals surface area (Å²) in [5.41, 5.74) is 4.31. The lowest BCUT2D eigenvalue weighted by molar-refractivity contribution is 0.589. The van der Waals surface area contributed by atoms with Crippen LogP contribution >= 0.6 is 11.6 Å². The van der Waals surface area contributed by atoms with E-state index < -0.39 is 0 Å². The minimum Gasteiger partial charge on any atom is -0.349 e. The summed E-state index contributed by atoms with van der Waals surface area (Å²) in [7, 11) is 0. The minimum atomic E-state index is 0.468. The summed E-state index contributed by atoms with van der Waals surface area (Å²) >= 11 is 6.09. The number of aromatic nitrogens is 1. The summed E-state index contributed by atoms with van der Waals surface area (Å²) in [6.07, 6.45) is 4.01. The van der Waals surface area contributed by atoms with Gasteiger partial charge < -0.3 is 4.57 Å². The Balaban J connectivity index is 2.22. The number of aryl methyl sites for hydroxylation is 2. The van der Waals surface area contributed by atoms with Crippen molar-refractivity contribution in [1.82, 2.24) is 4.57 Å². The first kappa shape index (κ1) is 13.9. The molecule has 0 saturated carbocycles. The maximum Gasteiger partial charge on any atom is 0.0644 e. The quantitative estimate of drug-likeness (QED) is 0.694. The third kappa shape index (κ3) is 3.27. The van der Waals surface area contributed by atoms with Crippen molar-refractivity contribution >= 4 is 23.5 Å². The first-order chi connectivity index (χ1) is 8.97. The molecule has 0 radical (unpaired) electrons. The van der Waals surface area contributed by atoms with Crippen molar-refractivity contribution < 1.29 is 0 Å². The van der Waals surface area contributed by atoms with Crippen molar-refractivity contribution in [2.45, 2.75) is 33.7 Å². The van der Waals surface area contributed by atoms with Crippen LogP contribution in [0.15, 0.2) is 35.5 Å². The van der Waals surface area contributed by atoms with E-state index in [2.05, 4.69) is 42.6 Å². The number of halogens is 1. The molecule has 2 aromatic rings. The second kappa shape index (κ2) is 5.62. The van der Waals surface area contributed by atoms with Gasteiger partial charge in [0.15, 0.2) is 0 Å². The fourth-order valence-electron chi connectivity index (χ4n) is 2.05. The number of benzene rings is 1. The molecule has 1 aromatic carbocycles. The standard InChI is InChI=1S/C16H19ClN2/c1-11(2)19-10-14(7-13(19)4)9-18-15-6-5-12(3)16(17)8-15/h5-11H,1-4H3. The lowest BCUT2D eigenvalue weighted by Gasteiger charge is -2.08. The van der Waals surface area contributed by atoms with Crippen LogP contribution in [0.2, 0.25) is 5.02 Å². The van der Waals surface area contributed by atoms with Crippen molar-refractivity contribution in [3.63, 3.8) is 0 Å². The third-order valence-corrected chi connectivity index (χ3v) is 3.55. The molecule has 1 heterocycles. The lowest BCUT2D eigenvalue weighted by atomic mass is 10.2. The Morgan fingerprint density at radius 3 is 2.53 bits per heavy atom. The number of rotatable bonds is 3. The molecule has 0 fully saturated rings. The van der Waals surface area contributed by atoms with Gasteiger partial charge in [0.25, 0.3) is 0 Å². The van der Waals surface area contributed by atoms with E-state index in [1.54, 1.807) is 0 Å². The predicted molar refractivity (Wildman–Crippen MR) is 83.0 cm³/mol. The van der Waals surface area contributed by atoms with Crippen LogP contribution in [0.4, 0.5) is 5.69 Å². The Hall–Kier alpha value is -1.54. The maximum atomic E-state index is 6.09. The molecule has 0 N–H and O–H groups in total. The first-order valence-corrected chi connectivity index (χ1v) is 6.84. The van der Waals surface area contributed by atoms with E-state index in [1.165, 1.54) is 5.69 Å². The van der Waals surface area contributed by atoms with E-state index in [4.69, 9.17) is 11.6 Å². The van der Waals surface area contributed by atoms with Gasteiger partial charge in [-0.2, -0.15) is 0 Å². The third-order valence-electron chi connectivity index (χ3n) is 3.15. The Morgan fingerprint density at radius 1 is 1.21 bits per heavy atom. The number of hydrogen-bond donors (Lipinski definition) is 0. The molecular weight excluding hydrogens is 256 g/mol. The van der Waals surface area contributed by atoms with E-state index in [0.717, 1.165) is 21.8 Å². The van der Waals surface area contributed by atoms with Crippen molar-refractivity contribution in [3.05, 3.63) is 52.3 Å². The van der Waals surface area contributed by atoms with Gasteiger partial charge in [-0.1, -0.05) is 17.7 Å². The summed E-state index contributed by atoms with van der Waals surface area (Å²) in [5, 5.41) is 0.755. The molecule has 0 unspecified atom stereocenters. The molecule has 0 amide bonds. The Morgan fingerprint density at radius 2 is 1.95 bits per heavy atom. The highest BCUT2D eigenvalue weighted by Gasteiger charge is 2.03. The van der Waals surface area contributed by atoms with Crippen LogP contribution < -0.4 is 0 Å². The first-order valence-electron chi connectivity index (χ1n) is 6.46. The molecule has 3 heteroatoms.